The van der Waals surface area contributed by atoms with Crippen LogP contribution in [-0.2, 0) is 28.7 Å². The summed E-state index contributed by atoms with van der Waals surface area (Å²) in [6.07, 6.45) is 6.09. The Morgan fingerprint density at radius 1 is 1.21 bits per heavy atom. The second kappa shape index (κ2) is 14.7. The molecule has 5 atom stereocenters. The lowest BCUT2D eigenvalue weighted by Crippen LogP contribution is -2.44. The first-order chi connectivity index (χ1) is 19.9. The fourth-order valence-corrected chi connectivity index (χ4v) is 4.93. The van der Waals surface area contributed by atoms with Crippen LogP contribution in [0.1, 0.15) is 76.4 Å². The number of nitrogens with zero attached hydrogens (tertiary/aromatic N) is 2. The molecule has 2 bridgehead atoms. The standard InChI is InChI=1S/C30H39N3O9/c1-17(2)26-19(4)10-11-25(37)31-12-6-8-18(3)14-21(35)15-24(36)27(41-20(5)34)28-32-22(16-40-28)29(38)33-13-7-9-23(33)30(39)42-26/h6,8,10-11,14,16-17,19,21,23,26-27,35H,7,9,12-13,15H2,1-5H3,(H,31,37)/b8-6+,11-10+,18-14+/t19-,21-,23-,26?,27?/m1/s1. The van der Waals surface area contributed by atoms with E-state index in [1.165, 1.54) is 17.1 Å². The van der Waals surface area contributed by atoms with Crippen LogP contribution in [0.3, 0.4) is 0 Å². The number of aliphatic hydroxyl groups is 1. The number of nitrogens with one attached hydrogen (secondary N) is 1. The number of ketones is 1. The van der Waals surface area contributed by atoms with Crippen molar-refractivity contribution in [1.29, 1.82) is 0 Å². The maximum atomic E-state index is 13.4. The van der Waals surface area contributed by atoms with E-state index in [1.807, 2.05) is 20.8 Å². The highest BCUT2D eigenvalue weighted by atomic mass is 16.6. The second-order valence-electron chi connectivity index (χ2n) is 10.9. The van der Waals surface area contributed by atoms with Gasteiger partial charge in [0.1, 0.15) is 18.4 Å². The first-order valence-corrected chi connectivity index (χ1v) is 14.0. The molecule has 0 saturated carbocycles. The lowest BCUT2D eigenvalue weighted by molar-refractivity contribution is -0.158. The minimum atomic E-state index is -1.58. The number of hydrogen-bond donors (Lipinski definition) is 2. The Balaban J connectivity index is 1.95. The topological polar surface area (TPSA) is 165 Å². The quantitative estimate of drug-likeness (QED) is 0.493. The van der Waals surface area contributed by atoms with Crippen molar-refractivity contribution in [3.05, 3.63) is 53.8 Å². The summed E-state index contributed by atoms with van der Waals surface area (Å²) < 4.78 is 16.4. The number of cyclic esters (lactones) is 1. The maximum absolute atomic E-state index is 13.4. The zero-order valence-electron chi connectivity index (χ0n) is 24.6. The Hall–Kier alpha value is -4.06. The summed E-state index contributed by atoms with van der Waals surface area (Å²) in [5, 5.41) is 13.2. The van der Waals surface area contributed by atoms with Gasteiger partial charge in [-0.25, -0.2) is 9.78 Å². The number of rotatable bonds is 2. The molecule has 0 aromatic carbocycles. The molecular weight excluding hydrogens is 546 g/mol. The molecule has 0 radical (unpaired) electrons. The highest BCUT2D eigenvalue weighted by Crippen LogP contribution is 2.27. The van der Waals surface area contributed by atoms with E-state index in [9.17, 15) is 29.1 Å². The molecule has 42 heavy (non-hydrogen) atoms. The van der Waals surface area contributed by atoms with Crippen molar-refractivity contribution in [2.45, 2.75) is 78.2 Å². The zero-order valence-corrected chi connectivity index (χ0v) is 24.6. The van der Waals surface area contributed by atoms with Gasteiger partial charge >= 0.3 is 11.9 Å². The van der Waals surface area contributed by atoms with Gasteiger partial charge in [0, 0.05) is 32.4 Å². The summed E-state index contributed by atoms with van der Waals surface area (Å²) in [6.45, 7) is 8.97. The van der Waals surface area contributed by atoms with Crippen LogP contribution in [0.25, 0.3) is 0 Å². The van der Waals surface area contributed by atoms with Crippen LogP contribution in [0.5, 0.6) is 0 Å². The molecule has 2 aliphatic heterocycles. The van der Waals surface area contributed by atoms with Gasteiger partial charge in [-0.15, -0.1) is 0 Å². The largest absolute Gasteiger partial charge is 0.460 e. The molecule has 0 spiro atoms. The van der Waals surface area contributed by atoms with E-state index >= 15 is 0 Å². The molecule has 3 rings (SSSR count). The van der Waals surface area contributed by atoms with Crippen LogP contribution >= 0.6 is 0 Å². The number of Topliss-reactive ketones (excluding diaryl/α,β-unsaturated/α-hetero) is 1. The summed E-state index contributed by atoms with van der Waals surface area (Å²) in [4.78, 5) is 69.2. The first-order valence-electron chi connectivity index (χ1n) is 14.0. The number of oxazole rings is 1. The number of esters is 2. The molecule has 1 fully saturated rings. The van der Waals surface area contributed by atoms with Gasteiger partial charge in [0.15, 0.2) is 11.5 Å². The van der Waals surface area contributed by atoms with Crippen LogP contribution in [-0.4, -0.2) is 75.9 Å². The van der Waals surface area contributed by atoms with E-state index in [4.69, 9.17) is 13.9 Å². The smallest absolute Gasteiger partial charge is 0.329 e. The van der Waals surface area contributed by atoms with Crippen LogP contribution in [0, 0.1) is 11.8 Å². The molecule has 1 aromatic rings. The van der Waals surface area contributed by atoms with E-state index < -0.39 is 54.4 Å². The van der Waals surface area contributed by atoms with Gasteiger partial charge in [-0.3, -0.25) is 19.2 Å². The van der Waals surface area contributed by atoms with E-state index in [-0.39, 0.29) is 42.4 Å². The monoisotopic (exact) mass is 585 g/mol. The Bertz CT molecular complexity index is 1260. The number of allylic oxidation sites excluding steroid dienone is 2. The van der Waals surface area contributed by atoms with Gasteiger partial charge in [-0.05, 0) is 31.8 Å². The molecule has 12 heteroatoms. The Morgan fingerprint density at radius 3 is 2.64 bits per heavy atom. The molecule has 3 heterocycles. The Kier molecular flexibility index (Phi) is 11.4. The molecule has 12 nitrogen and oxygen atoms in total. The fraction of sp³-hybridized carbons (Fsp3) is 0.533. The third-order valence-electron chi connectivity index (χ3n) is 6.95. The van der Waals surface area contributed by atoms with E-state index in [0.717, 1.165) is 13.2 Å². The minimum Gasteiger partial charge on any atom is -0.460 e. The molecular formula is C30H39N3O9. The van der Waals surface area contributed by atoms with Crippen LogP contribution < -0.4 is 5.32 Å². The van der Waals surface area contributed by atoms with E-state index in [0.29, 0.717) is 18.4 Å². The van der Waals surface area contributed by atoms with Crippen molar-refractivity contribution < 1.29 is 43.0 Å². The van der Waals surface area contributed by atoms with Crippen molar-refractivity contribution in [2.75, 3.05) is 13.1 Å². The number of fused-ring (bicyclic) bond motifs is 3. The molecule has 1 saturated heterocycles. The molecule has 228 valence electrons. The fourth-order valence-electron chi connectivity index (χ4n) is 4.93. The summed E-state index contributed by atoms with van der Waals surface area (Å²) in [7, 11) is 0. The minimum absolute atomic E-state index is 0.0708. The van der Waals surface area contributed by atoms with E-state index in [1.54, 1.807) is 25.2 Å². The highest BCUT2D eigenvalue weighted by Gasteiger charge is 2.39. The number of hydrogen-bond acceptors (Lipinski definition) is 10. The number of amides is 2. The Morgan fingerprint density at radius 2 is 1.95 bits per heavy atom. The first kappa shape index (κ1) is 32.5. The van der Waals surface area contributed by atoms with Crippen LogP contribution in [0.4, 0.5) is 0 Å². The van der Waals surface area contributed by atoms with Gasteiger partial charge in [0.25, 0.3) is 5.91 Å². The third-order valence-corrected chi connectivity index (χ3v) is 6.95. The number of carbonyl (C=O) groups is 5. The molecule has 0 aliphatic carbocycles. The molecule has 2 amide bonds. The van der Waals surface area contributed by atoms with Gasteiger partial charge in [0.2, 0.25) is 17.9 Å². The van der Waals surface area contributed by atoms with E-state index in [2.05, 4.69) is 10.3 Å². The highest BCUT2D eigenvalue weighted by molar-refractivity contribution is 5.95. The van der Waals surface area contributed by atoms with Gasteiger partial charge in [-0.2, -0.15) is 0 Å². The predicted molar refractivity (Wildman–Crippen MR) is 150 cm³/mol. The third kappa shape index (κ3) is 8.72. The lowest BCUT2D eigenvalue weighted by Gasteiger charge is -2.29. The molecule has 2 unspecified atom stereocenters. The van der Waals surface area contributed by atoms with Gasteiger partial charge in [0.05, 0.1) is 6.10 Å². The second-order valence-corrected chi connectivity index (χ2v) is 10.9. The SMILES string of the molecule is CC(=O)OC1C(=O)C[C@H](O)/C=C(C)/C=C/CNC(=O)/C=C/[C@@H](C)C(C(C)C)OC(=O)[C@H]2CCCN2C(=O)c2coc1n2. The lowest BCUT2D eigenvalue weighted by atomic mass is 9.94. The van der Waals surface area contributed by atoms with Gasteiger partial charge < -0.3 is 29.2 Å². The Labute approximate surface area is 244 Å². The van der Waals surface area contributed by atoms with Crippen molar-refractivity contribution in [3.8, 4) is 0 Å². The van der Waals surface area contributed by atoms with Crippen molar-refractivity contribution in [2.24, 2.45) is 11.8 Å². The van der Waals surface area contributed by atoms with Crippen LogP contribution in [0.2, 0.25) is 0 Å². The van der Waals surface area contributed by atoms with Crippen molar-refractivity contribution in [1.82, 2.24) is 15.2 Å². The summed E-state index contributed by atoms with van der Waals surface area (Å²) in [6, 6.07) is -0.858. The van der Waals surface area contributed by atoms with Gasteiger partial charge in [-0.1, -0.05) is 50.6 Å². The van der Waals surface area contributed by atoms with Crippen molar-refractivity contribution in [3.63, 3.8) is 0 Å². The number of aliphatic hydroxyl groups excluding tert-OH is 1. The summed E-state index contributed by atoms with van der Waals surface area (Å²) in [5.74, 6) is -3.66. The number of ether oxygens (including phenoxy) is 2. The molecule has 2 aliphatic rings. The average Bonchev–Trinajstić information content (AvgIpc) is 3.60. The normalized spacial score (nSPS) is 29.6. The number of carbonyl (C=O) groups excluding carboxylic acids is 5. The summed E-state index contributed by atoms with van der Waals surface area (Å²) >= 11 is 0. The zero-order chi connectivity index (χ0) is 31.0. The molecule has 2 N–H and O–H groups in total. The maximum Gasteiger partial charge on any atom is 0.329 e. The van der Waals surface area contributed by atoms with Crippen molar-refractivity contribution >= 4 is 29.5 Å². The summed E-state index contributed by atoms with van der Waals surface area (Å²) in [5.41, 5.74) is 0.457. The average molecular weight is 586 g/mol. The number of aromatic nitrogens is 1. The van der Waals surface area contributed by atoms with Crippen LogP contribution in [0.15, 0.2) is 46.6 Å². The predicted octanol–water partition coefficient (Wildman–Crippen LogP) is 2.60. The molecule has 1 aromatic heterocycles.